The highest BCUT2D eigenvalue weighted by molar-refractivity contribution is 7.11. The molecule has 0 fully saturated rings. The van der Waals surface area contributed by atoms with Crippen molar-refractivity contribution < 1.29 is 4.74 Å². The average molecular weight is 288 g/mol. The zero-order valence-corrected chi connectivity index (χ0v) is 13.0. The summed E-state index contributed by atoms with van der Waals surface area (Å²) in [4.78, 5) is 5.96. The van der Waals surface area contributed by atoms with Crippen molar-refractivity contribution in [2.75, 3.05) is 7.11 Å². The number of nitrogens with zero attached hydrogens (tertiary/aromatic N) is 1. The normalized spacial score (nSPS) is 21.6. The number of aryl methyl sites for hydroxylation is 3. The lowest BCUT2D eigenvalue weighted by Gasteiger charge is -2.34. The first-order valence-corrected chi connectivity index (χ1v) is 7.77. The quantitative estimate of drug-likeness (QED) is 0.922. The number of hydrogen-bond acceptors (Lipinski definition) is 4. The van der Waals surface area contributed by atoms with E-state index in [2.05, 4.69) is 26.0 Å². The van der Waals surface area contributed by atoms with E-state index >= 15 is 0 Å². The van der Waals surface area contributed by atoms with E-state index in [1.54, 1.807) is 18.4 Å². The Hall–Kier alpha value is -1.39. The number of nitrogens with two attached hydrogens (primary N) is 1. The van der Waals surface area contributed by atoms with E-state index in [0.29, 0.717) is 0 Å². The molecular weight excluding hydrogens is 268 g/mol. The van der Waals surface area contributed by atoms with Gasteiger partial charge in [-0.15, -0.1) is 11.3 Å². The Morgan fingerprint density at radius 1 is 1.35 bits per heavy atom. The van der Waals surface area contributed by atoms with Gasteiger partial charge < -0.3 is 10.5 Å². The smallest absolute Gasteiger partial charge is 0.119 e. The summed E-state index contributed by atoms with van der Waals surface area (Å²) in [5.41, 5.74) is 9.93. The highest BCUT2D eigenvalue weighted by atomic mass is 32.1. The number of thiazole rings is 1. The Labute approximate surface area is 123 Å². The SMILES string of the molecule is COc1ccc2c(c1)CCCC2(N)c1nc(C)c(C)s1. The van der Waals surface area contributed by atoms with Gasteiger partial charge in [0.1, 0.15) is 10.8 Å². The van der Waals surface area contributed by atoms with E-state index in [9.17, 15) is 0 Å². The van der Waals surface area contributed by atoms with Crippen molar-refractivity contribution in [3.05, 3.63) is 44.9 Å². The molecule has 1 aromatic carbocycles. The fourth-order valence-corrected chi connectivity index (χ4v) is 3.98. The van der Waals surface area contributed by atoms with Gasteiger partial charge in [0.15, 0.2) is 0 Å². The van der Waals surface area contributed by atoms with Crippen molar-refractivity contribution >= 4 is 11.3 Å². The fraction of sp³-hybridized carbons (Fsp3) is 0.438. The molecule has 1 aliphatic rings. The Morgan fingerprint density at radius 2 is 2.15 bits per heavy atom. The maximum absolute atomic E-state index is 6.77. The zero-order chi connectivity index (χ0) is 14.3. The maximum atomic E-state index is 6.77. The van der Waals surface area contributed by atoms with Crippen LogP contribution in [0, 0.1) is 13.8 Å². The van der Waals surface area contributed by atoms with Gasteiger partial charge in [0, 0.05) is 4.88 Å². The fourth-order valence-electron chi connectivity index (χ4n) is 2.92. The molecule has 4 heteroatoms. The van der Waals surface area contributed by atoms with Gasteiger partial charge in [-0.2, -0.15) is 0 Å². The summed E-state index contributed by atoms with van der Waals surface area (Å²) in [5, 5.41) is 1.04. The molecule has 1 atom stereocenters. The summed E-state index contributed by atoms with van der Waals surface area (Å²) in [6.07, 6.45) is 3.11. The van der Waals surface area contributed by atoms with Crippen LogP contribution in [0.5, 0.6) is 5.75 Å². The predicted octanol–water partition coefficient (Wildman–Crippen LogP) is 3.31. The minimum Gasteiger partial charge on any atom is -0.497 e. The molecule has 2 N–H and O–H groups in total. The lowest BCUT2D eigenvalue weighted by Crippen LogP contribution is -2.41. The second-order valence-electron chi connectivity index (χ2n) is 5.51. The third-order valence-corrected chi connectivity index (χ3v) is 5.47. The van der Waals surface area contributed by atoms with Gasteiger partial charge in [0.05, 0.1) is 18.3 Å². The van der Waals surface area contributed by atoms with Gasteiger partial charge >= 0.3 is 0 Å². The molecule has 1 aliphatic carbocycles. The summed E-state index contributed by atoms with van der Waals surface area (Å²) in [6, 6.07) is 6.22. The number of benzene rings is 1. The zero-order valence-electron chi connectivity index (χ0n) is 12.2. The van der Waals surface area contributed by atoms with Gasteiger partial charge in [0.2, 0.25) is 0 Å². The van der Waals surface area contributed by atoms with Crippen LogP contribution in [-0.2, 0) is 12.0 Å². The molecule has 3 rings (SSSR count). The highest BCUT2D eigenvalue weighted by Crippen LogP contribution is 2.41. The Kier molecular flexibility index (Phi) is 3.30. The number of rotatable bonds is 2. The first-order chi connectivity index (χ1) is 9.54. The Bertz CT molecular complexity index is 630. The van der Waals surface area contributed by atoms with Crippen LogP contribution in [0.25, 0.3) is 0 Å². The molecule has 1 heterocycles. The average Bonchev–Trinajstić information content (AvgIpc) is 2.79. The lowest BCUT2D eigenvalue weighted by atomic mass is 9.77. The summed E-state index contributed by atoms with van der Waals surface area (Å²) in [5.74, 6) is 0.902. The molecule has 106 valence electrons. The van der Waals surface area contributed by atoms with E-state index in [4.69, 9.17) is 15.5 Å². The van der Waals surface area contributed by atoms with E-state index in [1.165, 1.54) is 16.0 Å². The minimum atomic E-state index is -0.441. The number of aromatic nitrogens is 1. The third-order valence-electron chi connectivity index (χ3n) is 4.22. The molecule has 1 aromatic heterocycles. The Balaban J connectivity index is 2.12. The standard InChI is InChI=1S/C16H20N2OS/c1-10-11(2)20-15(18-10)16(17)8-4-5-12-9-13(19-3)6-7-14(12)16/h6-7,9H,4-5,8,17H2,1-3H3. The largest absolute Gasteiger partial charge is 0.497 e. The molecule has 2 aromatic rings. The van der Waals surface area contributed by atoms with Crippen molar-refractivity contribution in [3.63, 3.8) is 0 Å². The first kappa shape index (κ1) is 13.6. The summed E-state index contributed by atoms with van der Waals surface area (Å²) in [7, 11) is 1.70. The summed E-state index contributed by atoms with van der Waals surface area (Å²) >= 11 is 1.73. The van der Waals surface area contributed by atoms with Gasteiger partial charge in [-0.1, -0.05) is 6.07 Å². The summed E-state index contributed by atoms with van der Waals surface area (Å²) in [6.45, 7) is 4.16. The molecule has 0 spiro atoms. The molecule has 0 saturated heterocycles. The van der Waals surface area contributed by atoms with Gasteiger partial charge in [0.25, 0.3) is 0 Å². The van der Waals surface area contributed by atoms with Crippen LogP contribution in [-0.4, -0.2) is 12.1 Å². The van der Waals surface area contributed by atoms with E-state index in [1.807, 2.05) is 6.07 Å². The topological polar surface area (TPSA) is 48.1 Å². The van der Waals surface area contributed by atoms with Crippen LogP contribution < -0.4 is 10.5 Å². The number of fused-ring (bicyclic) bond motifs is 1. The third kappa shape index (κ3) is 2.03. The van der Waals surface area contributed by atoms with Crippen molar-refractivity contribution in [2.24, 2.45) is 5.73 Å². The van der Waals surface area contributed by atoms with Gasteiger partial charge in [-0.25, -0.2) is 4.98 Å². The summed E-state index contributed by atoms with van der Waals surface area (Å²) < 4.78 is 5.32. The molecule has 0 saturated carbocycles. The van der Waals surface area contributed by atoms with Gasteiger partial charge in [-0.3, -0.25) is 0 Å². The molecule has 0 aliphatic heterocycles. The molecule has 1 unspecified atom stereocenters. The number of hydrogen-bond donors (Lipinski definition) is 1. The minimum absolute atomic E-state index is 0.441. The number of ether oxygens (including phenoxy) is 1. The van der Waals surface area contributed by atoms with Crippen LogP contribution in [0.3, 0.4) is 0 Å². The lowest BCUT2D eigenvalue weighted by molar-refractivity contribution is 0.407. The number of methoxy groups -OCH3 is 1. The van der Waals surface area contributed by atoms with Crippen LogP contribution >= 0.6 is 11.3 Å². The second kappa shape index (κ2) is 4.86. The van der Waals surface area contributed by atoms with Crippen LogP contribution in [0.1, 0.15) is 39.5 Å². The monoisotopic (exact) mass is 288 g/mol. The van der Waals surface area contributed by atoms with Crippen LogP contribution in [0.4, 0.5) is 0 Å². The molecule has 3 nitrogen and oxygen atoms in total. The molecule has 0 radical (unpaired) electrons. The predicted molar refractivity (Wildman–Crippen MR) is 82.5 cm³/mol. The van der Waals surface area contributed by atoms with Crippen molar-refractivity contribution in [1.82, 2.24) is 4.98 Å². The van der Waals surface area contributed by atoms with Crippen molar-refractivity contribution in [2.45, 2.75) is 38.6 Å². The van der Waals surface area contributed by atoms with Gasteiger partial charge in [-0.05, 0) is 56.4 Å². The van der Waals surface area contributed by atoms with Crippen LogP contribution in [0.15, 0.2) is 18.2 Å². The first-order valence-electron chi connectivity index (χ1n) is 6.95. The molecular formula is C16H20N2OS. The molecule has 0 bridgehead atoms. The highest BCUT2D eigenvalue weighted by Gasteiger charge is 2.37. The van der Waals surface area contributed by atoms with Crippen LogP contribution in [0.2, 0.25) is 0 Å². The Morgan fingerprint density at radius 3 is 2.80 bits per heavy atom. The van der Waals surface area contributed by atoms with Crippen molar-refractivity contribution in [1.29, 1.82) is 0 Å². The van der Waals surface area contributed by atoms with E-state index in [0.717, 1.165) is 35.7 Å². The molecule has 0 amide bonds. The second-order valence-corrected chi connectivity index (χ2v) is 6.71. The maximum Gasteiger partial charge on any atom is 0.119 e. The van der Waals surface area contributed by atoms with Crippen molar-refractivity contribution in [3.8, 4) is 5.75 Å². The van der Waals surface area contributed by atoms with E-state index in [-0.39, 0.29) is 0 Å². The molecule has 20 heavy (non-hydrogen) atoms. The van der Waals surface area contributed by atoms with E-state index < -0.39 is 5.54 Å².